The van der Waals surface area contributed by atoms with Crippen LogP contribution in [0.4, 0.5) is 0 Å². The SMILES string of the molecule is NC(=NCCC(=O)NC1CC1)NC1CCCCC1. The van der Waals surface area contributed by atoms with Crippen LogP contribution in [0.15, 0.2) is 4.99 Å². The predicted molar refractivity (Wildman–Crippen MR) is 72.3 cm³/mol. The molecule has 1 amide bonds. The van der Waals surface area contributed by atoms with E-state index in [1.807, 2.05) is 0 Å². The number of hydrogen-bond acceptors (Lipinski definition) is 2. The van der Waals surface area contributed by atoms with Crippen molar-refractivity contribution < 1.29 is 4.79 Å². The number of amides is 1. The van der Waals surface area contributed by atoms with Crippen LogP contribution >= 0.6 is 0 Å². The van der Waals surface area contributed by atoms with Crippen molar-refractivity contribution in [1.82, 2.24) is 10.6 Å². The standard InChI is InChI=1S/C13H24N4O/c14-13(17-10-4-2-1-3-5-10)15-9-8-12(18)16-11-6-7-11/h10-11H,1-9H2,(H,16,18)(H3,14,15,17). The molecule has 2 aliphatic rings. The van der Waals surface area contributed by atoms with E-state index in [0.717, 1.165) is 12.8 Å². The maximum absolute atomic E-state index is 11.4. The van der Waals surface area contributed by atoms with Gasteiger partial charge in [0.2, 0.25) is 5.91 Å². The minimum atomic E-state index is 0.0896. The Kier molecular flexibility index (Phi) is 4.84. The second kappa shape index (κ2) is 6.61. The first-order valence-corrected chi connectivity index (χ1v) is 7.10. The third-order valence-corrected chi connectivity index (χ3v) is 3.52. The quantitative estimate of drug-likeness (QED) is 0.502. The van der Waals surface area contributed by atoms with Crippen molar-refractivity contribution in [2.45, 2.75) is 63.5 Å². The molecule has 0 saturated heterocycles. The molecule has 0 aromatic carbocycles. The molecule has 0 aromatic heterocycles. The Labute approximate surface area is 109 Å². The Morgan fingerprint density at radius 2 is 1.72 bits per heavy atom. The number of rotatable bonds is 5. The maximum atomic E-state index is 11.4. The van der Waals surface area contributed by atoms with Crippen LogP contribution in [0.3, 0.4) is 0 Å². The van der Waals surface area contributed by atoms with E-state index in [2.05, 4.69) is 15.6 Å². The van der Waals surface area contributed by atoms with Crippen LogP contribution in [0.5, 0.6) is 0 Å². The van der Waals surface area contributed by atoms with E-state index in [4.69, 9.17) is 5.73 Å². The van der Waals surface area contributed by atoms with Gasteiger partial charge in [-0.25, -0.2) is 0 Å². The lowest BCUT2D eigenvalue weighted by molar-refractivity contribution is -0.121. The molecular formula is C13H24N4O. The van der Waals surface area contributed by atoms with Crippen molar-refractivity contribution in [3.05, 3.63) is 0 Å². The lowest BCUT2D eigenvalue weighted by Gasteiger charge is -2.23. The van der Waals surface area contributed by atoms with Crippen molar-refractivity contribution in [3.63, 3.8) is 0 Å². The molecule has 18 heavy (non-hydrogen) atoms. The van der Waals surface area contributed by atoms with Gasteiger partial charge in [-0.1, -0.05) is 19.3 Å². The summed E-state index contributed by atoms with van der Waals surface area (Å²) in [5, 5.41) is 6.18. The number of carbonyl (C=O) groups is 1. The first-order chi connectivity index (χ1) is 8.74. The molecule has 0 bridgehead atoms. The summed E-state index contributed by atoms with van der Waals surface area (Å²) < 4.78 is 0. The van der Waals surface area contributed by atoms with E-state index < -0.39 is 0 Å². The summed E-state index contributed by atoms with van der Waals surface area (Å²) in [6, 6.07) is 0.905. The van der Waals surface area contributed by atoms with Gasteiger partial charge in [0.25, 0.3) is 0 Å². The number of guanidine groups is 1. The molecule has 0 aromatic rings. The second-order valence-corrected chi connectivity index (χ2v) is 5.34. The van der Waals surface area contributed by atoms with Crippen LogP contribution in [0.25, 0.3) is 0 Å². The van der Waals surface area contributed by atoms with Crippen LogP contribution in [0.2, 0.25) is 0 Å². The average Bonchev–Trinajstić information content (AvgIpc) is 3.14. The van der Waals surface area contributed by atoms with Gasteiger partial charge in [-0.15, -0.1) is 0 Å². The van der Waals surface area contributed by atoms with Crippen LogP contribution in [0.1, 0.15) is 51.4 Å². The molecule has 4 N–H and O–H groups in total. The van der Waals surface area contributed by atoms with Gasteiger partial charge in [-0.05, 0) is 25.7 Å². The highest BCUT2D eigenvalue weighted by Gasteiger charge is 2.22. The Hall–Kier alpha value is -1.26. The summed E-state index contributed by atoms with van der Waals surface area (Å²) in [6.07, 6.45) is 8.92. The summed E-state index contributed by atoms with van der Waals surface area (Å²) in [6.45, 7) is 0.476. The molecule has 0 spiro atoms. The normalized spacial score (nSPS) is 21.7. The van der Waals surface area contributed by atoms with Gasteiger partial charge in [0.05, 0.1) is 6.54 Å². The fourth-order valence-electron chi connectivity index (χ4n) is 2.31. The second-order valence-electron chi connectivity index (χ2n) is 5.34. The van der Waals surface area contributed by atoms with E-state index in [0.29, 0.717) is 31.0 Å². The van der Waals surface area contributed by atoms with Gasteiger partial charge in [0, 0.05) is 18.5 Å². The van der Waals surface area contributed by atoms with Crippen molar-refractivity contribution >= 4 is 11.9 Å². The third kappa shape index (κ3) is 4.94. The molecule has 5 heteroatoms. The van der Waals surface area contributed by atoms with Gasteiger partial charge in [-0.2, -0.15) is 0 Å². The summed E-state index contributed by atoms with van der Waals surface area (Å²) in [4.78, 5) is 15.6. The zero-order chi connectivity index (χ0) is 12.8. The summed E-state index contributed by atoms with van der Waals surface area (Å²) in [5.41, 5.74) is 5.81. The van der Waals surface area contributed by atoms with Gasteiger partial charge in [0.15, 0.2) is 5.96 Å². The fourth-order valence-corrected chi connectivity index (χ4v) is 2.31. The number of carbonyl (C=O) groups excluding carboxylic acids is 1. The summed E-state index contributed by atoms with van der Waals surface area (Å²) in [7, 11) is 0. The molecule has 0 aliphatic heterocycles. The number of aliphatic imine (C=N–C) groups is 1. The van der Waals surface area contributed by atoms with Gasteiger partial charge >= 0.3 is 0 Å². The molecule has 2 aliphatic carbocycles. The van der Waals surface area contributed by atoms with E-state index in [-0.39, 0.29) is 5.91 Å². The molecule has 2 saturated carbocycles. The zero-order valence-corrected chi connectivity index (χ0v) is 11.0. The zero-order valence-electron chi connectivity index (χ0n) is 11.0. The van der Waals surface area contributed by atoms with E-state index in [1.54, 1.807) is 0 Å². The Bertz CT molecular complexity index is 306. The van der Waals surface area contributed by atoms with Crippen molar-refractivity contribution in [2.75, 3.05) is 6.54 Å². The Morgan fingerprint density at radius 1 is 1.06 bits per heavy atom. The topological polar surface area (TPSA) is 79.5 Å². The first-order valence-electron chi connectivity index (χ1n) is 7.10. The summed E-state index contributed by atoms with van der Waals surface area (Å²) >= 11 is 0. The lowest BCUT2D eigenvalue weighted by atomic mass is 9.96. The first kappa shape index (κ1) is 13.2. The van der Waals surface area contributed by atoms with Crippen LogP contribution in [0, 0.1) is 0 Å². The Morgan fingerprint density at radius 3 is 2.39 bits per heavy atom. The van der Waals surface area contributed by atoms with Gasteiger partial charge in [-0.3, -0.25) is 9.79 Å². The van der Waals surface area contributed by atoms with Crippen molar-refractivity contribution in [2.24, 2.45) is 10.7 Å². The largest absolute Gasteiger partial charge is 0.370 e. The van der Waals surface area contributed by atoms with Gasteiger partial charge in [0.1, 0.15) is 0 Å². The highest BCUT2D eigenvalue weighted by atomic mass is 16.1. The maximum Gasteiger partial charge on any atom is 0.222 e. The number of nitrogens with one attached hydrogen (secondary N) is 2. The highest BCUT2D eigenvalue weighted by Crippen LogP contribution is 2.18. The molecule has 0 radical (unpaired) electrons. The minimum absolute atomic E-state index is 0.0896. The van der Waals surface area contributed by atoms with Crippen LogP contribution in [-0.4, -0.2) is 30.5 Å². The predicted octanol–water partition coefficient (Wildman–Crippen LogP) is 0.892. The highest BCUT2D eigenvalue weighted by molar-refractivity contribution is 5.79. The monoisotopic (exact) mass is 252 g/mol. The number of nitrogens with zero attached hydrogens (tertiary/aromatic N) is 1. The lowest BCUT2D eigenvalue weighted by Crippen LogP contribution is -2.41. The molecular weight excluding hydrogens is 228 g/mol. The van der Waals surface area contributed by atoms with Crippen LogP contribution < -0.4 is 16.4 Å². The molecule has 0 heterocycles. The minimum Gasteiger partial charge on any atom is -0.370 e. The molecule has 2 rings (SSSR count). The van der Waals surface area contributed by atoms with Crippen LogP contribution in [-0.2, 0) is 4.79 Å². The Balaban J connectivity index is 1.59. The fraction of sp³-hybridized carbons (Fsp3) is 0.846. The van der Waals surface area contributed by atoms with Gasteiger partial charge < -0.3 is 16.4 Å². The van der Waals surface area contributed by atoms with E-state index in [9.17, 15) is 4.79 Å². The summed E-state index contributed by atoms with van der Waals surface area (Å²) in [5.74, 6) is 0.577. The van der Waals surface area contributed by atoms with E-state index in [1.165, 1.54) is 32.1 Å². The molecule has 2 fully saturated rings. The number of nitrogens with two attached hydrogens (primary N) is 1. The smallest absolute Gasteiger partial charge is 0.222 e. The number of hydrogen-bond donors (Lipinski definition) is 3. The third-order valence-electron chi connectivity index (χ3n) is 3.52. The van der Waals surface area contributed by atoms with Crippen molar-refractivity contribution in [3.8, 4) is 0 Å². The molecule has 0 atom stereocenters. The van der Waals surface area contributed by atoms with E-state index >= 15 is 0 Å². The average molecular weight is 252 g/mol. The molecule has 102 valence electrons. The molecule has 0 unspecified atom stereocenters. The molecule has 5 nitrogen and oxygen atoms in total. The van der Waals surface area contributed by atoms with Crippen molar-refractivity contribution in [1.29, 1.82) is 0 Å².